The van der Waals surface area contributed by atoms with Gasteiger partial charge in [0, 0.05) is 0 Å². The van der Waals surface area contributed by atoms with Crippen LogP contribution >= 0.6 is 0 Å². The number of aliphatic hydroxyl groups excluding tert-OH is 1. The van der Waals surface area contributed by atoms with Gasteiger partial charge in [0.25, 0.3) is 0 Å². The first-order chi connectivity index (χ1) is 5.15. The SMILES string of the molecule is O=C(O)C1(C2CC2)CC(O)C1. The number of rotatable bonds is 2. The fourth-order valence-electron chi connectivity index (χ4n) is 2.10. The number of aliphatic carboxylic acids is 1. The molecule has 2 aliphatic carbocycles. The van der Waals surface area contributed by atoms with Crippen LogP contribution in [0.15, 0.2) is 0 Å². The highest BCUT2D eigenvalue weighted by molar-refractivity contribution is 5.77. The molecule has 2 rings (SSSR count). The van der Waals surface area contributed by atoms with Gasteiger partial charge in [-0.1, -0.05) is 0 Å². The number of hydrogen-bond acceptors (Lipinski definition) is 2. The predicted molar refractivity (Wildman–Crippen MR) is 38.0 cm³/mol. The normalized spacial score (nSPS) is 43.2. The molecule has 0 amide bonds. The lowest BCUT2D eigenvalue weighted by atomic mass is 9.63. The highest BCUT2D eigenvalue weighted by Gasteiger charge is 2.58. The van der Waals surface area contributed by atoms with Crippen molar-refractivity contribution in [2.24, 2.45) is 11.3 Å². The number of carboxylic acids is 1. The Morgan fingerprint density at radius 1 is 1.36 bits per heavy atom. The second-order valence-electron chi connectivity index (χ2n) is 3.80. The first kappa shape index (κ1) is 7.10. The molecule has 0 aromatic heterocycles. The van der Waals surface area contributed by atoms with E-state index in [1.165, 1.54) is 0 Å². The molecule has 3 nitrogen and oxygen atoms in total. The molecule has 0 heterocycles. The first-order valence-electron chi connectivity index (χ1n) is 4.06. The fraction of sp³-hybridized carbons (Fsp3) is 0.875. The van der Waals surface area contributed by atoms with Crippen LogP contribution in [0, 0.1) is 11.3 Å². The molecule has 62 valence electrons. The van der Waals surface area contributed by atoms with E-state index in [0.29, 0.717) is 18.8 Å². The van der Waals surface area contributed by atoms with Gasteiger partial charge in [-0.15, -0.1) is 0 Å². The van der Waals surface area contributed by atoms with Gasteiger partial charge >= 0.3 is 5.97 Å². The largest absolute Gasteiger partial charge is 0.481 e. The van der Waals surface area contributed by atoms with Crippen molar-refractivity contribution in [2.75, 3.05) is 0 Å². The standard InChI is InChI=1S/C8H12O3/c9-6-3-8(4-6,7(10)11)5-1-2-5/h5-6,9H,1-4H2,(H,10,11). The van der Waals surface area contributed by atoms with E-state index in [-0.39, 0.29) is 6.10 Å². The van der Waals surface area contributed by atoms with Crippen LogP contribution < -0.4 is 0 Å². The third-order valence-corrected chi connectivity index (χ3v) is 2.98. The van der Waals surface area contributed by atoms with Crippen LogP contribution in [0.2, 0.25) is 0 Å². The third-order valence-electron chi connectivity index (χ3n) is 2.98. The van der Waals surface area contributed by atoms with Gasteiger partial charge < -0.3 is 10.2 Å². The summed E-state index contributed by atoms with van der Waals surface area (Å²) in [7, 11) is 0. The Morgan fingerprint density at radius 2 is 1.91 bits per heavy atom. The summed E-state index contributed by atoms with van der Waals surface area (Å²) in [5.41, 5.74) is -0.528. The van der Waals surface area contributed by atoms with E-state index in [1.807, 2.05) is 0 Å². The summed E-state index contributed by atoms with van der Waals surface area (Å²) < 4.78 is 0. The molecule has 3 heteroatoms. The Kier molecular flexibility index (Phi) is 1.27. The van der Waals surface area contributed by atoms with Crippen molar-refractivity contribution < 1.29 is 15.0 Å². The zero-order chi connectivity index (χ0) is 8.06. The summed E-state index contributed by atoms with van der Waals surface area (Å²) in [5.74, 6) is -0.339. The molecule has 11 heavy (non-hydrogen) atoms. The molecular formula is C8H12O3. The molecule has 2 fully saturated rings. The van der Waals surface area contributed by atoms with Gasteiger partial charge in [-0.3, -0.25) is 4.79 Å². The van der Waals surface area contributed by atoms with E-state index in [2.05, 4.69) is 0 Å². The van der Waals surface area contributed by atoms with Crippen LogP contribution in [0.1, 0.15) is 25.7 Å². The van der Waals surface area contributed by atoms with E-state index in [9.17, 15) is 4.79 Å². The average Bonchev–Trinajstić information content (AvgIpc) is 2.60. The molecule has 2 saturated carbocycles. The van der Waals surface area contributed by atoms with Gasteiger partial charge in [0.2, 0.25) is 0 Å². The lowest BCUT2D eigenvalue weighted by molar-refractivity contribution is -0.166. The molecule has 0 aromatic carbocycles. The predicted octanol–water partition coefficient (Wildman–Crippen LogP) is 0.622. The quantitative estimate of drug-likeness (QED) is 0.616. The molecule has 0 atom stereocenters. The van der Waals surface area contributed by atoms with Crippen molar-refractivity contribution in [3.8, 4) is 0 Å². The lowest BCUT2D eigenvalue weighted by Gasteiger charge is -2.42. The second kappa shape index (κ2) is 1.97. The smallest absolute Gasteiger partial charge is 0.310 e. The number of aliphatic hydroxyl groups is 1. The number of carboxylic acid groups (broad SMARTS) is 1. The molecule has 0 spiro atoms. The van der Waals surface area contributed by atoms with Crippen LogP contribution in [-0.4, -0.2) is 22.3 Å². The van der Waals surface area contributed by atoms with Crippen molar-refractivity contribution in [1.82, 2.24) is 0 Å². The Balaban J connectivity index is 2.09. The molecular weight excluding hydrogens is 144 g/mol. The molecule has 0 aromatic rings. The number of carbonyl (C=O) groups is 1. The molecule has 0 radical (unpaired) electrons. The minimum atomic E-state index is -0.703. The van der Waals surface area contributed by atoms with Crippen LogP contribution in [0.4, 0.5) is 0 Å². The monoisotopic (exact) mass is 156 g/mol. The third kappa shape index (κ3) is 0.872. The molecule has 0 unspecified atom stereocenters. The van der Waals surface area contributed by atoms with Crippen molar-refractivity contribution in [3.63, 3.8) is 0 Å². The molecule has 0 aliphatic heterocycles. The Hall–Kier alpha value is -0.570. The zero-order valence-corrected chi connectivity index (χ0v) is 6.29. The van der Waals surface area contributed by atoms with Gasteiger partial charge in [0.1, 0.15) is 0 Å². The van der Waals surface area contributed by atoms with E-state index in [1.54, 1.807) is 0 Å². The lowest BCUT2D eigenvalue weighted by Crippen LogP contribution is -2.48. The molecule has 2 aliphatic rings. The van der Waals surface area contributed by atoms with E-state index in [0.717, 1.165) is 12.8 Å². The maximum atomic E-state index is 10.8. The highest BCUT2D eigenvalue weighted by Crippen LogP contribution is 2.57. The summed E-state index contributed by atoms with van der Waals surface area (Å²) in [6.45, 7) is 0. The first-order valence-corrected chi connectivity index (χ1v) is 4.06. The fourth-order valence-corrected chi connectivity index (χ4v) is 2.10. The van der Waals surface area contributed by atoms with Crippen LogP contribution in [0.25, 0.3) is 0 Å². The van der Waals surface area contributed by atoms with Crippen molar-refractivity contribution in [1.29, 1.82) is 0 Å². The highest BCUT2D eigenvalue weighted by atomic mass is 16.4. The molecule has 2 N–H and O–H groups in total. The van der Waals surface area contributed by atoms with Crippen LogP contribution in [0.5, 0.6) is 0 Å². The van der Waals surface area contributed by atoms with E-state index in [4.69, 9.17) is 10.2 Å². The minimum Gasteiger partial charge on any atom is -0.481 e. The summed E-state index contributed by atoms with van der Waals surface area (Å²) in [5, 5.41) is 17.9. The van der Waals surface area contributed by atoms with Crippen molar-refractivity contribution in [2.45, 2.75) is 31.8 Å². The zero-order valence-electron chi connectivity index (χ0n) is 6.29. The van der Waals surface area contributed by atoms with E-state index >= 15 is 0 Å². The van der Waals surface area contributed by atoms with E-state index < -0.39 is 11.4 Å². The van der Waals surface area contributed by atoms with Gasteiger partial charge in [-0.25, -0.2) is 0 Å². The topological polar surface area (TPSA) is 57.5 Å². The van der Waals surface area contributed by atoms with Gasteiger partial charge in [0.15, 0.2) is 0 Å². The Labute approximate surface area is 65.0 Å². The van der Waals surface area contributed by atoms with Gasteiger partial charge in [-0.2, -0.15) is 0 Å². The van der Waals surface area contributed by atoms with Crippen molar-refractivity contribution in [3.05, 3.63) is 0 Å². The Morgan fingerprint density at radius 3 is 2.18 bits per heavy atom. The molecule has 0 bridgehead atoms. The van der Waals surface area contributed by atoms with Crippen LogP contribution in [-0.2, 0) is 4.79 Å². The van der Waals surface area contributed by atoms with Gasteiger partial charge in [-0.05, 0) is 31.6 Å². The van der Waals surface area contributed by atoms with Crippen molar-refractivity contribution >= 4 is 5.97 Å². The Bertz CT molecular complexity index is 190. The average molecular weight is 156 g/mol. The summed E-state index contributed by atoms with van der Waals surface area (Å²) in [4.78, 5) is 10.8. The summed E-state index contributed by atoms with van der Waals surface area (Å²) in [6.07, 6.45) is 2.68. The maximum Gasteiger partial charge on any atom is 0.310 e. The number of hydrogen-bond donors (Lipinski definition) is 2. The van der Waals surface area contributed by atoms with Gasteiger partial charge in [0.05, 0.1) is 11.5 Å². The molecule has 0 saturated heterocycles. The minimum absolute atomic E-state index is 0.355. The summed E-state index contributed by atoms with van der Waals surface area (Å²) >= 11 is 0. The summed E-state index contributed by atoms with van der Waals surface area (Å²) in [6, 6.07) is 0. The maximum absolute atomic E-state index is 10.8. The second-order valence-corrected chi connectivity index (χ2v) is 3.80. The van der Waals surface area contributed by atoms with Crippen LogP contribution in [0.3, 0.4) is 0 Å².